The van der Waals surface area contributed by atoms with Crippen LogP contribution in [-0.4, -0.2) is 32.0 Å². The first kappa shape index (κ1) is 22.3. The smallest absolute Gasteiger partial charge is 0.270 e. The number of aliphatic hydroxyl groups excluding tert-OH is 1. The van der Waals surface area contributed by atoms with Gasteiger partial charge in [-0.3, -0.25) is 14.2 Å². The molecule has 0 aliphatic heterocycles. The Morgan fingerprint density at radius 1 is 1.18 bits per heavy atom. The van der Waals surface area contributed by atoms with E-state index in [1.54, 1.807) is 61.1 Å². The zero-order valence-corrected chi connectivity index (χ0v) is 18.0. The molecule has 33 heavy (non-hydrogen) atoms. The number of hydrogen-bond acceptors (Lipinski definition) is 5. The molecule has 3 aromatic heterocycles. The third-order valence-electron chi connectivity index (χ3n) is 5.44. The van der Waals surface area contributed by atoms with E-state index in [4.69, 9.17) is 4.74 Å². The summed E-state index contributed by atoms with van der Waals surface area (Å²) in [6.45, 7) is 2.68. The van der Waals surface area contributed by atoms with Gasteiger partial charge in [-0.25, -0.2) is 13.8 Å². The van der Waals surface area contributed by atoms with Crippen LogP contribution in [0.3, 0.4) is 0 Å². The lowest BCUT2D eigenvalue weighted by molar-refractivity contribution is 0.0842. The standard InChI is InChI=1S/C24H22F2N4O3/c1-15-21(23(32)29-24(2,14-31)16-6-4-10-27-12-16)30-11-5-9-20(22(30)28-15)33-13-17-18(25)7-3-8-19(17)26/h3-12,31H,13-14H2,1-2H3,(H,29,32). The van der Waals surface area contributed by atoms with Gasteiger partial charge in [0.1, 0.15) is 23.9 Å². The molecule has 0 saturated carbocycles. The average Bonchev–Trinajstić information content (AvgIpc) is 3.16. The topological polar surface area (TPSA) is 88.8 Å². The van der Waals surface area contributed by atoms with E-state index in [0.717, 1.165) is 12.1 Å². The molecule has 1 amide bonds. The van der Waals surface area contributed by atoms with E-state index in [-0.39, 0.29) is 30.2 Å². The molecular formula is C24H22F2N4O3. The van der Waals surface area contributed by atoms with Gasteiger partial charge in [0.2, 0.25) is 0 Å². The molecule has 0 radical (unpaired) electrons. The first-order chi connectivity index (χ1) is 15.8. The van der Waals surface area contributed by atoms with Crippen molar-refractivity contribution < 1.29 is 23.4 Å². The van der Waals surface area contributed by atoms with E-state index in [9.17, 15) is 18.7 Å². The van der Waals surface area contributed by atoms with Crippen LogP contribution in [0.4, 0.5) is 8.78 Å². The molecule has 4 rings (SSSR count). The van der Waals surface area contributed by atoms with Crippen LogP contribution in [0.5, 0.6) is 5.75 Å². The van der Waals surface area contributed by atoms with Crippen molar-refractivity contribution >= 4 is 11.6 Å². The number of imidazole rings is 1. The highest BCUT2D eigenvalue weighted by Gasteiger charge is 2.31. The van der Waals surface area contributed by atoms with Gasteiger partial charge in [0.05, 0.1) is 23.4 Å². The van der Waals surface area contributed by atoms with Crippen LogP contribution in [0, 0.1) is 18.6 Å². The van der Waals surface area contributed by atoms with Crippen LogP contribution in [0.15, 0.2) is 61.1 Å². The summed E-state index contributed by atoms with van der Waals surface area (Å²) < 4.78 is 35.1. The van der Waals surface area contributed by atoms with Crippen LogP contribution in [0.1, 0.15) is 34.2 Å². The molecular weight excluding hydrogens is 430 g/mol. The monoisotopic (exact) mass is 452 g/mol. The number of pyridine rings is 2. The molecule has 0 aliphatic carbocycles. The van der Waals surface area contributed by atoms with Crippen LogP contribution in [0.2, 0.25) is 0 Å². The van der Waals surface area contributed by atoms with E-state index in [1.165, 1.54) is 6.07 Å². The molecule has 2 N–H and O–H groups in total. The van der Waals surface area contributed by atoms with Gasteiger partial charge in [0.25, 0.3) is 5.91 Å². The highest BCUT2D eigenvalue weighted by Crippen LogP contribution is 2.26. The van der Waals surface area contributed by atoms with Gasteiger partial charge in [-0.05, 0) is 49.7 Å². The van der Waals surface area contributed by atoms with Gasteiger partial charge in [-0.15, -0.1) is 0 Å². The molecule has 0 saturated heterocycles. The largest absolute Gasteiger partial charge is 0.485 e. The second-order valence-corrected chi connectivity index (χ2v) is 7.79. The Labute approximate surface area is 188 Å². The molecule has 0 spiro atoms. The summed E-state index contributed by atoms with van der Waals surface area (Å²) in [6, 6.07) is 10.3. The van der Waals surface area contributed by atoms with Crippen molar-refractivity contribution in [3.8, 4) is 5.75 Å². The molecule has 9 heteroatoms. The third-order valence-corrected chi connectivity index (χ3v) is 5.44. The van der Waals surface area contributed by atoms with Gasteiger partial charge in [0.15, 0.2) is 11.4 Å². The molecule has 0 fully saturated rings. The normalized spacial score (nSPS) is 13.0. The number of fused-ring (bicyclic) bond motifs is 1. The lowest BCUT2D eigenvalue weighted by atomic mass is 9.94. The number of halogens is 2. The van der Waals surface area contributed by atoms with Gasteiger partial charge >= 0.3 is 0 Å². The summed E-state index contributed by atoms with van der Waals surface area (Å²) >= 11 is 0. The van der Waals surface area contributed by atoms with Crippen LogP contribution < -0.4 is 10.1 Å². The highest BCUT2D eigenvalue weighted by atomic mass is 19.1. The maximum Gasteiger partial charge on any atom is 0.270 e. The lowest BCUT2D eigenvalue weighted by Crippen LogP contribution is -2.46. The fourth-order valence-electron chi connectivity index (χ4n) is 3.56. The second-order valence-electron chi connectivity index (χ2n) is 7.79. The minimum absolute atomic E-state index is 0.198. The Morgan fingerprint density at radius 3 is 2.61 bits per heavy atom. The van der Waals surface area contributed by atoms with Gasteiger partial charge < -0.3 is 15.2 Å². The summed E-state index contributed by atoms with van der Waals surface area (Å²) in [5.74, 6) is -1.61. The minimum Gasteiger partial charge on any atom is -0.485 e. The number of hydrogen-bond donors (Lipinski definition) is 2. The quantitative estimate of drug-likeness (QED) is 0.448. The van der Waals surface area contributed by atoms with Crippen LogP contribution in [0.25, 0.3) is 5.65 Å². The number of carbonyl (C=O) groups excluding carboxylic acids is 1. The number of amides is 1. The number of aliphatic hydroxyl groups is 1. The number of aromatic nitrogens is 3. The van der Waals surface area contributed by atoms with E-state index in [0.29, 0.717) is 16.9 Å². The molecule has 170 valence electrons. The first-order valence-corrected chi connectivity index (χ1v) is 10.2. The first-order valence-electron chi connectivity index (χ1n) is 10.2. The number of benzene rings is 1. The highest BCUT2D eigenvalue weighted by molar-refractivity contribution is 5.95. The average molecular weight is 452 g/mol. The van der Waals surface area contributed by atoms with Crippen molar-refractivity contribution in [2.24, 2.45) is 0 Å². The summed E-state index contributed by atoms with van der Waals surface area (Å²) in [5, 5.41) is 12.8. The molecule has 0 bridgehead atoms. The van der Waals surface area contributed by atoms with E-state index < -0.39 is 23.1 Å². The SMILES string of the molecule is Cc1nc2c(OCc3c(F)cccc3F)cccn2c1C(=O)NC(C)(CO)c1cccnc1. The fourth-order valence-corrected chi connectivity index (χ4v) is 3.56. The van der Waals surface area contributed by atoms with E-state index in [2.05, 4.69) is 15.3 Å². The molecule has 4 aromatic rings. The molecule has 1 atom stereocenters. The number of nitrogens with one attached hydrogen (secondary N) is 1. The lowest BCUT2D eigenvalue weighted by Gasteiger charge is -2.29. The van der Waals surface area contributed by atoms with Crippen molar-refractivity contribution in [2.75, 3.05) is 6.61 Å². The molecule has 7 nitrogen and oxygen atoms in total. The summed E-state index contributed by atoms with van der Waals surface area (Å²) in [5.41, 5.74) is 0.365. The van der Waals surface area contributed by atoms with Crippen LogP contribution in [-0.2, 0) is 12.1 Å². The Bertz CT molecular complexity index is 1290. The summed E-state index contributed by atoms with van der Waals surface area (Å²) in [7, 11) is 0. The molecule has 0 aliphatic rings. The van der Waals surface area contributed by atoms with Crippen LogP contribution >= 0.6 is 0 Å². The van der Waals surface area contributed by atoms with E-state index >= 15 is 0 Å². The Kier molecular flexibility index (Phi) is 6.06. The predicted octanol–water partition coefficient (Wildman–Crippen LogP) is 3.53. The third kappa shape index (κ3) is 4.27. The molecule has 1 unspecified atom stereocenters. The fraction of sp³-hybridized carbons (Fsp3) is 0.208. The number of carbonyl (C=O) groups is 1. The van der Waals surface area contributed by atoms with E-state index in [1.807, 2.05) is 0 Å². The van der Waals surface area contributed by atoms with Gasteiger partial charge in [-0.2, -0.15) is 0 Å². The van der Waals surface area contributed by atoms with Crippen molar-refractivity contribution in [3.05, 3.63) is 95.2 Å². The van der Waals surface area contributed by atoms with Gasteiger partial charge in [0, 0.05) is 18.6 Å². The van der Waals surface area contributed by atoms with Crippen molar-refractivity contribution in [1.82, 2.24) is 19.7 Å². The molecule has 3 heterocycles. The zero-order valence-electron chi connectivity index (χ0n) is 18.0. The summed E-state index contributed by atoms with van der Waals surface area (Å²) in [6.07, 6.45) is 4.82. The molecule has 1 aromatic carbocycles. The van der Waals surface area contributed by atoms with Crippen molar-refractivity contribution in [2.45, 2.75) is 26.0 Å². The number of ether oxygens (including phenoxy) is 1. The van der Waals surface area contributed by atoms with Crippen molar-refractivity contribution in [1.29, 1.82) is 0 Å². The maximum atomic E-state index is 14.0. The Morgan fingerprint density at radius 2 is 1.94 bits per heavy atom. The second kappa shape index (κ2) is 8.95. The minimum atomic E-state index is -1.07. The Hall–Kier alpha value is -3.85. The Balaban J connectivity index is 1.64. The van der Waals surface area contributed by atoms with Crippen molar-refractivity contribution in [3.63, 3.8) is 0 Å². The summed E-state index contributed by atoms with van der Waals surface area (Å²) in [4.78, 5) is 21.7. The predicted molar refractivity (Wildman–Crippen MR) is 117 cm³/mol. The maximum absolute atomic E-state index is 14.0. The van der Waals surface area contributed by atoms with Gasteiger partial charge in [-0.1, -0.05) is 12.1 Å². The number of nitrogens with zero attached hydrogens (tertiary/aromatic N) is 3. The number of rotatable bonds is 7. The number of aryl methyl sites for hydroxylation is 1. The zero-order chi connectivity index (χ0) is 23.6.